The summed E-state index contributed by atoms with van der Waals surface area (Å²) >= 11 is 0. The van der Waals surface area contributed by atoms with Gasteiger partial charge in [0, 0.05) is 0 Å². The minimum Gasteiger partial charge on any atom is -0.462 e. The van der Waals surface area contributed by atoms with Crippen molar-refractivity contribution in [2.24, 2.45) is 5.92 Å². The first-order valence-electron chi connectivity index (χ1n) is 7.60. The van der Waals surface area contributed by atoms with Crippen molar-refractivity contribution in [1.82, 2.24) is 0 Å². The monoisotopic (exact) mass is 280 g/mol. The van der Waals surface area contributed by atoms with Crippen LogP contribution in [0.2, 0.25) is 0 Å². The van der Waals surface area contributed by atoms with Crippen LogP contribution in [0.3, 0.4) is 0 Å². The minimum atomic E-state index is -0.215. The zero-order valence-electron chi connectivity index (χ0n) is 12.2. The molecule has 0 unspecified atom stereocenters. The lowest BCUT2D eigenvalue weighted by molar-refractivity contribution is 0.0443. The van der Waals surface area contributed by atoms with Gasteiger partial charge in [-0.05, 0) is 47.2 Å². The van der Waals surface area contributed by atoms with Crippen LogP contribution in [0.5, 0.6) is 0 Å². The molecule has 0 aliphatic heterocycles. The molecular weight excluding hydrogens is 260 g/mol. The van der Waals surface area contributed by atoms with Crippen LogP contribution < -0.4 is 0 Å². The van der Waals surface area contributed by atoms with Crippen LogP contribution in [0.25, 0.3) is 16.8 Å². The predicted octanol–water partition coefficient (Wildman–Crippen LogP) is 4.83. The largest absolute Gasteiger partial charge is 0.462 e. The fourth-order valence-corrected chi connectivity index (χ4v) is 3.07. The van der Waals surface area contributed by atoms with Crippen LogP contribution in [0, 0.1) is 5.92 Å². The van der Waals surface area contributed by atoms with Crippen molar-refractivity contribution in [3.05, 3.63) is 54.1 Å². The molecule has 2 aromatic carbocycles. The molecule has 2 heteroatoms. The Hall–Kier alpha value is -2.09. The van der Waals surface area contributed by atoms with Gasteiger partial charge in [0.2, 0.25) is 0 Å². The molecule has 108 valence electrons. The SMILES string of the molecule is C=Cc1cccc2cc(C(=O)OCC3CCCC3)ccc12. The van der Waals surface area contributed by atoms with E-state index in [9.17, 15) is 4.79 Å². The average molecular weight is 280 g/mol. The lowest BCUT2D eigenvalue weighted by atomic mass is 10.0. The zero-order chi connectivity index (χ0) is 14.7. The van der Waals surface area contributed by atoms with Crippen molar-refractivity contribution >= 4 is 22.8 Å². The lowest BCUT2D eigenvalue weighted by Crippen LogP contribution is -2.12. The standard InChI is InChI=1S/C19H20O2/c1-2-15-8-5-9-16-12-17(10-11-18(15)16)19(20)21-13-14-6-3-4-7-14/h2,5,8-12,14H,1,3-4,6-7,13H2. The zero-order valence-corrected chi connectivity index (χ0v) is 12.2. The van der Waals surface area contributed by atoms with Gasteiger partial charge in [-0.15, -0.1) is 0 Å². The number of hydrogen-bond acceptors (Lipinski definition) is 2. The van der Waals surface area contributed by atoms with E-state index in [0.29, 0.717) is 18.1 Å². The molecule has 1 aliphatic rings. The number of ether oxygens (including phenoxy) is 1. The van der Waals surface area contributed by atoms with E-state index in [4.69, 9.17) is 4.74 Å². The van der Waals surface area contributed by atoms with Gasteiger partial charge >= 0.3 is 5.97 Å². The summed E-state index contributed by atoms with van der Waals surface area (Å²) in [6, 6.07) is 11.7. The van der Waals surface area contributed by atoms with Gasteiger partial charge in [0.25, 0.3) is 0 Å². The number of hydrogen-bond donors (Lipinski definition) is 0. The second-order valence-electron chi connectivity index (χ2n) is 5.74. The van der Waals surface area contributed by atoms with E-state index < -0.39 is 0 Å². The van der Waals surface area contributed by atoms with Crippen LogP contribution >= 0.6 is 0 Å². The smallest absolute Gasteiger partial charge is 0.338 e. The maximum Gasteiger partial charge on any atom is 0.338 e. The van der Waals surface area contributed by atoms with Crippen molar-refractivity contribution in [3.63, 3.8) is 0 Å². The second-order valence-corrected chi connectivity index (χ2v) is 5.74. The highest BCUT2D eigenvalue weighted by molar-refractivity contribution is 5.97. The van der Waals surface area contributed by atoms with E-state index in [-0.39, 0.29) is 5.97 Å². The number of fused-ring (bicyclic) bond motifs is 1. The second kappa shape index (κ2) is 6.13. The highest BCUT2D eigenvalue weighted by Crippen LogP contribution is 2.25. The molecule has 3 rings (SSSR count). The van der Waals surface area contributed by atoms with Crippen molar-refractivity contribution < 1.29 is 9.53 Å². The first-order valence-corrected chi connectivity index (χ1v) is 7.60. The number of esters is 1. The Balaban J connectivity index is 1.77. The molecule has 0 heterocycles. The third kappa shape index (κ3) is 2.99. The van der Waals surface area contributed by atoms with Gasteiger partial charge in [-0.1, -0.05) is 49.8 Å². The molecule has 0 spiro atoms. The maximum absolute atomic E-state index is 12.2. The van der Waals surface area contributed by atoms with Gasteiger partial charge in [-0.25, -0.2) is 4.79 Å². The number of rotatable bonds is 4. The minimum absolute atomic E-state index is 0.215. The Bertz CT molecular complexity index is 666. The van der Waals surface area contributed by atoms with Crippen molar-refractivity contribution in [2.75, 3.05) is 6.61 Å². The Labute approximate surface area is 125 Å². The van der Waals surface area contributed by atoms with E-state index in [1.807, 2.05) is 42.5 Å². The summed E-state index contributed by atoms with van der Waals surface area (Å²) in [6.07, 6.45) is 6.74. The molecule has 0 aromatic heterocycles. The van der Waals surface area contributed by atoms with Gasteiger partial charge in [-0.2, -0.15) is 0 Å². The normalized spacial score (nSPS) is 15.2. The summed E-state index contributed by atoms with van der Waals surface area (Å²) in [6.45, 7) is 4.38. The van der Waals surface area contributed by atoms with Crippen LogP contribution in [-0.2, 0) is 4.74 Å². The Kier molecular flexibility index (Phi) is 4.05. The first-order chi connectivity index (χ1) is 10.3. The molecule has 0 atom stereocenters. The van der Waals surface area contributed by atoms with Gasteiger partial charge < -0.3 is 4.74 Å². The summed E-state index contributed by atoms with van der Waals surface area (Å²) in [5, 5.41) is 2.16. The summed E-state index contributed by atoms with van der Waals surface area (Å²) < 4.78 is 5.46. The molecule has 0 N–H and O–H groups in total. The number of carbonyl (C=O) groups excluding carboxylic acids is 1. The van der Waals surface area contributed by atoms with E-state index >= 15 is 0 Å². The predicted molar refractivity (Wildman–Crippen MR) is 86.3 cm³/mol. The van der Waals surface area contributed by atoms with Gasteiger partial charge in [-0.3, -0.25) is 0 Å². The molecule has 0 radical (unpaired) electrons. The van der Waals surface area contributed by atoms with Crippen molar-refractivity contribution in [2.45, 2.75) is 25.7 Å². The Morgan fingerprint density at radius 3 is 2.81 bits per heavy atom. The molecule has 0 bridgehead atoms. The number of carbonyl (C=O) groups is 1. The van der Waals surface area contributed by atoms with Crippen LogP contribution in [0.4, 0.5) is 0 Å². The summed E-state index contributed by atoms with van der Waals surface area (Å²) in [4.78, 5) is 12.2. The van der Waals surface area contributed by atoms with E-state index in [0.717, 1.165) is 16.3 Å². The molecular formula is C19H20O2. The van der Waals surface area contributed by atoms with Crippen LogP contribution in [0.1, 0.15) is 41.6 Å². The third-order valence-corrected chi connectivity index (χ3v) is 4.29. The topological polar surface area (TPSA) is 26.3 Å². The molecule has 1 fully saturated rings. The highest BCUT2D eigenvalue weighted by Gasteiger charge is 2.17. The highest BCUT2D eigenvalue weighted by atomic mass is 16.5. The summed E-state index contributed by atoms with van der Waals surface area (Å²) in [5.74, 6) is 0.342. The fourth-order valence-electron chi connectivity index (χ4n) is 3.07. The van der Waals surface area contributed by atoms with E-state index in [1.165, 1.54) is 25.7 Å². The summed E-state index contributed by atoms with van der Waals surface area (Å²) in [5.41, 5.74) is 1.71. The lowest BCUT2D eigenvalue weighted by Gasteiger charge is -2.10. The first kappa shape index (κ1) is 13.9. The van der Waals surface area contributed by atoms with Crippen LogP contribution in [-0.4, -0.2) is 12.6 Å². The third-order valence-electron chi connectivity index (χ3n) is 4.29. The van der Waals surface area contributed by atoms with Crippen molar-refractivity contribution in [1.29, 1.82) is 0 Å². The fraction of sp³-hybridized carbons (Fsp3) is 0.316. The molecule has 1 saturated carbocycles. The van der Waals surface area contributed by atoms with Gasteiger partial charge in [0.05, 0.1) is 12.2 Å². The van der Waals surface area contributed by atoms with Crippen molar-refractivity contribution in [3.8, 4) is 0 Å². The maximum atomic E-state index is 12.2. The van der Waals surface area contributed by atoms with E-state index in [2.05, 4.69) is 6.58 Å². The summed E-state index contributed by atoms with van der Waals surface area (Å²) in [7, 11) is 0. The quantitative estimate of drug-likeness (QED) is 0.750. The van der Waals surface area contributed by atoms with Crippen LogP contribution in [0.15, 0.2) is 43.0 Å². The van der Waals surface area contributed by atoms with Gasteiger partial charge in [0.15, 0.2) is 0 Å². The Morgan fingerprint density at radius 2 is 2.05 bits per heavy atom. The molecule has 2 aromatic rings. The molecule has 0 saturated heterocycles. The average Bonchev–Trinajstić information content (AvgIpc) is 3.04. The van der Waals surface area contributed by atoms with E-state index in [1.54, 1.807) is 0 Å². The molecule has 0 amide bonds. The number of benzene rings is 2. The molecule has 2 nitrogen and oxygen atoms in total. The molecule has 21 heavy (non-hydrogen) atoms. The molecule has 1 aliphatic carbocycles. The van der Waals surface area contributed by atoms with Gasteiger partial charge in [0.1, 0.15) is 0 Å². The Morgan fingerprint density at radius 1 is 1.24 bits per heavy atom.